The zero-order valence-corrected chi connectivity index (χ0v) is 9.84. The number of halogens is 1. The Morgan fingerprint density at radius 2 is 2.50 bits per heavy atom. The van der Waals surface area contributed by atoms with Crippen LogP contribution in [0.15, 0.2) is 15.2 Å². The Labute approximate surface area is 94.5 Å². The van der Waals surface area contributed by atoms with Crippen LogP contribution in [0.4, 0.5) is 0 Å². The number of likely N-dealkylation sites (tertiary alicyclic amines) is 1. The van der Waals surface area contributed by atoms with E-state index in [1.807, 2.05) is 11.4 Å². The maximum Gasteiger partial charge on any atom is 0.254 e. The number of rotatable bonds is 1. The summed E-state index contributed by atoms with van der Waals surface area (Å²) in [5, 5.41) is 11.1. The van der Waals surface area contributed by atoms with Crippen LogP contribution in [-0.2, 0) is 0 Å². The van der Waals surface area contributed by atoms with E-state index in [1.165, 1.54) is 11.3 Å². The van der Waals surface area contributed by atoms with E-state index in [9.17, 15) is 9.90 Å². The van der Waals surface area contributed by atoms with Crippen molar-refractivity contribution in [2.45, 2.75) is 12.5 Å². The lowest BCUT2D eigenvalue weighted by Crippen LogP contribution is -2.29. The smallest absolute Gasteiger partial charge is 0.254 e. The second-order valence-corrected chi connectivity index (χ2v) is 5.62. The molecule has 1 N–H and O–H groups in total. The van der Waals surface area contributed by atoms with Gasteiger partial charge in [-0.3, -0.25) is 4.79 Å². The molecule has 1 aliphatic heterocycles. The van der Waals surface area contributed by atoms with Crippen molar-refractivity contribution in [1.29, 1.82) is 0 Å². The lowest BCUT2D eigenvalue weighted by molar-refractivity contribution is 0.0765. The number of amides is 1. The fourth-order valence-electron chi connectivity index (χ4n) is 1.53. The van der Waals surface area contributed by atoms with Gasteiger partial charge in [-0.1, -0.05) is 0 Å². The lowest BCUT2D eigenvalue weighted by Gasteiger charge is -2.13. The molecule has 3 nitrogen and oxygen atoms in total. The predicted octanol–water partition coefficient (Wildman–Crippen LogP) is 1.72. The SMILES string of the molecule is O=C(c1csc(Br)c1)N1CC[C@@H](O)C1. The van der Waals surface area contributed by atoms with Gasteiger partial charge in [0.15, 0.2) is 0 Å². The van der Waals surface area contributed by atoms with Gasteiger partial charge in [0.1, 0.15) is 0 Å². The molecule has 1 aliphatic rings. The molecule has 1 amide bonds. The molecule has 1 atom stereocenters. The summed E-state index contributed by atoms with van der Waals surface area (Å²) in [5.41, 5.74) is 0.705. The largest absolute Gasteiger partial charge is 0.391 e. The Kier molecular flexibility index (Phi) is 2.90. The fourth-order valence-corrected chi connectivity index (χ4v) is 2.66. The summed E-state index contributed by atoms with van der Waals surface area (Å²) in [4.78, 5) is 13.5. The molecule has 0 aromatic carbocycles. The Bertz CT molecular complexity index is 352. The van der Waals surface area contributed by atoms with Crippen molar-refractivity contribution in [3.8, 4) is 0 Å². The first kappa shape index (κ1) is 10.1. The summed E-state index contributed by atoms with van der Waals surface area (Å²) < 4.78 is 0.959. The number of carbonyl (C=O) groups is 1. The molecular formula is C9H10BrNO2S. The van der Waals surface area contributed by atoms with Crippen molar-refractivity contribution in [3.63, 3.8) is 0 Å². The van der Waals surface area contributed by atoms with Crippen LogP contribution in [0.1, 0.15) is 16.8 Å². The van der Waals surface area contributed by atoms with Crippen LogP contribution in [0.25, 0.3) is 0 Å². The van der Waals surface area contributed by atoms with Crippen molar-refractivity contribution in [2.24, 2.45) is 0 Å². The van der Waals surface area contributed by atoms with Crippen molar-refractivity contribution in [2.75, 3.05) is 13.1 Å². The third-order valence-electron chi connectivity index (χ3n) is 2.26. The minimum Gasteiger partial charge on any atom is -0.391 e. The summed E-state index contributed by atoms with van der Waals surface area (Å²) in [6.45, 7) is 1.12. The Morgan fingerprint density at radius 3 is 3.00 bits per heavy atom. The van der Waals surface area contributed by atoms with Crippen LogP contribution in [0.2, 0.25) is 0 Å². The number of hydrogen-bond acceptors (Lipinski definition) is 3. The van der Waals surface area contributed by atoms with Crippen molar-refractivity contribution < 1.29 is 9.90 Å². The first-order chi connectivity index (χ1) is 6.66. The molecule has 5 heteroatoms. The van der Waals surface area contributed by atoms with E-state index in [4.69, 9.17) is 0 Å². The zero-order valence-electron chi connectivity index (χ0n) is 7.44. The quantitative estimate of drug-likeness (QED) is 0.848. The van der Waals surface area contributed by atoms with Gasteiger partial charge in [-0.25, -0.2) is 0 Å². The van der Waals surface area contributed by atoms with Gasteiger partial charge in [0, 0.05) is 18.5 Å². The van der Waals surface area contributed by atoms with Gasteiger partial charge in [-0.15, -0.1) is 11.3 Å². The molecule has 0 spiro atoms. The summed E-state index contributed by atoms with van der Waals surface area (Å²) in [6, 6.07) is 1.82. The van der Waals surface area contributed by atoms with E-state index < -0.39 is 0 Å². The lowest BCUT2D eigenvalue weighted by atomic mass is 10.3. The average Bonchev–Trinajstić information content (AvgIpc) is 2.73. The molecule has 1 aromatic rings. The second-order valence-electron chi connectivity index (χ2n) is 3.33. The van der Waals surface area contributed by atoms with Crippen molar-refractivity contribution in [1.82, 2.24) is 4.90 Å². The highest BCUT2D eigenvalue weighted by Crippen LogP contribution is 2.23. The average molecular weight is 276 g/mol. The van der Waals surface area contributed by atoms with Gasteiger partial charge in [-0.05, 0) is 28.4 Å². The Hall–Kier alpha value is -0.390. The Morgan fingerprint density at radius 1 is 1.71 bits per heavy atom. The van der Waals surface area contributed by atoms with Crippen LogP contribution < -0.4 is 0 Å². The van der Waals surface area contributed by atoms with Crippen LogP contribution in [0, 0.1) is 0 Å². The molecule has 0 saturated carbocycles. The molecule has 76 valence electrons. The Balaban J connectivity index is 2.09. The van der Waals surface area contributed by atoms with Crippen LogP contribution >= 0.6 is 27.3 Å². The molecule has 0 aliphatic carbocycles. The number of aliphatic hydroxyl groups is 1. The van der Waals surface area contributed by atoms with Crippen LogP contribution in [0.5, 0.6) is 0 Å². The molecule has 1 saturated heterocycles. The van der Waals surface area contributed by atoms with Gasteiger partial charge >= 0.3 is 0 Å². The third-order valence-corrected chi connectivity index (χ3v) is 3.77. The van der Waals surface area contributed by atoms with Gasteiger partial charge in [0.25, 0.3) is 5.91 Å². The first-order valence-electron chi connectivity index (χ1n) is 4.38. The van der Waals surface area contributed by atoms with Gasteiger partial charge < -0.3 is 10.0 Å². The molecule has 14 heavy (non-hydrogen) atoms. The van der Waals surface area contributed by atoms with Crippen molar-refractivity contribution in [3.05, 3.63) is 20.8 Å². The monoisotopic (exact) mass is 275 g/mol. The van der Waals surface area contributed by atoms with E-state index in [-0.39, 0.29) is 12.0 Å². The normalized spacial score (nSPS) is 21.6. The number of β-amino-alcohol motifs (C(OH)–C–C–N with tert-alkyl or cyclic N) is 1. The molecule has 0 radical (unpaired) electrons. The van der Waals surface area contributed by atoms with Crippen molar-refractivity contribution >= 4 is 33.2 Å². The molecule has 2 rings (SSSR count). The fraction of sp³-hybridized carbons (Fsp3) is 0.444. The zero-order chi connectivity index (χ0) is 10.1. The third kappa shape index (κ3) is 1.99. The topological polar surface area (TPSA) is 40.5 Å². The minimum atomic E-state index is -0.346. The molecule has 1 aromatic heterocycles. The molecule has 0 unspecified atom stereocenters. The maximum absolute atomic E-state index is 11.8. The standard InChI is InChI=1S/C9H10BrNO2S/c10-8-3-6(5-14-8)9(13)11-2-1-7(12)4-11/h3,5,7,12H,1-2,4H2/t7-/m1/s1. The molecule has 2 heterocycles. The van der Waals surface area contributed by atoms with E-state index in [1.54, 1.807) is 4.90 Å². The first-order valence-corrected chi connectivity index (χ1v) is 6.05. The van der Waals surface area contributed by atoms with E-state index in [0.717, 1.165) is 3.79 Å². The molecule has 1 fully saturated rings. The number of hydrogen-bond donors (Lipinski definition) is 1. The van der Waals surface area contributed by atoms with Gasteiger partial charge in [0.2, 0.25) is 0 Å². The molecule has 0 bridgehead atoms. The summed E-state index contributed by atoms with van der Waals surface area (Å²) >= 11 is 4.82. The predicted molar refractivity (Wildman–Crippen MR) is 58.5 cm³/mol. The van der Waals surface area contributed by atoms with Crippen LogP contribution in [0.3, 0.4) is 0 Å². The minimum absolute atomic E-state index is 0.0171. The van der Waals surface area contributed by atoms with Gasteiger partial charge in [-0.2, -0.15) is 0 Å². The number of thiophene rings is 1. The number of carbonyl (C=O) groups excluding carboxylic acids is 1. The highest BCUT2D eigenvalue weighted by atomic mass is 79.9. The summed E-state index contributed by atoms with van der Waals surface area (Å²) in [6.07, 6.45) is 0.345. The summed E-state index contributed by atoms with van der Waals surface area (Å²) in [5.74, 6) is 0.0171. The number of aliphatic hydroxyl groups excluding tert-OH is 1. The van der Waals surface area contributed by atoms with Gasteiger partial charge in [0.05, 0.1) is 15.5 Å². The summed E-state index contributed by atoms with van der Waals surface area (Å²) in [7, 11) is 0. The highest BCUT2D eigenvalue weighted by Gasteiger charge is 2.25. The van der Waals surface area contributed by atoms with Crippen LogP contribution in [-0.4, -0.2) is 35.1 Å². The second kappa shape index (κ2) is 4.00. The van der Waals surface area contributed by atoms with E-state index >= 15 is 0 Å². The highest BCUT2D eigenvalue weighted by molar-refractivity contribution is 9.11. The molecular weight excluding hydrogens is 266 g/mol. The number of nitrogens with zero attached hydrogens (tertiary/aromatic N) is 1. The van der Waals surface area contributed by atoms with E-state index in [0.29, 0.717) is 25.1 Å². The maximum atomic E-state index is 11.8. The van der Waals surface area contributed by atoms with E-state index in [2.05, 4.69) is 15.9 Å².